The minimum atomic E-state index is -0.881. The topological polar surface area (TPSA) is 84.7 Å². The Bertz CT molecular complexity index is 512. The molecule has 0 spiro atoms. The summed E-state index contributed by atoms with van der Waals surface area (Å²) in [5, 5.41) is 12.8. The predicted molar refractivity (Wildman–Crippen MR) is 70.4 cm³/mol. The Morgan fingerprint density at radius 1 is 1.45 bits per heavy atom. The normalized spacial score (nSPS) is 15.8. The van der Waals surface area contributed by atoms with Crippen LogP contribution in [0.4, 0.5) is 4.79 Å². The molecule has 1 aromatic rings. The summed E-state index contributed by atoms with van der Waals surface area (Å²) in [4.78, 5) is 24.0. The number of nitrogens with zero attached hydrogens (tertiary/aromatic N) is 3. The fraction of sp³-hybridized carbons (Fsp3) is 0.615. The monoisotopic (exact) mass is 281 g/mol. The summed E-state index contributed by atoms with van der Waals surface area (Å²) in [5.74, 6) is -0.881. The number of carbonyl (C=O) groups is 2. The van der Waals surface area contributed by atoms with Gasteiger partial charge in [0.15, 0.2) is 0 Å². The van der Waals surface area contributed by atoms with Crippen LogP contribution in [0.1, 0.15) is 32.4 Å². The molecule has 1 aliphatic heterocycles. The van der Waals surface area contributed by atoms with Crippen LogP contribution in [0.5, 0.6) is 0 Å². The molecule has 0 radical (unpaired) electrons. The molecule has 1 saturated heterocycles. The highest BCUT2D eigenvalue weighted by Gasteiger charge is 2.35. The number of amides is 1. The first-order chi connectivity index (χ1) is 9.24. The van der Waals surface area contributed by atoms with Crippen molar-refractivity contribution in [2.45, 2.75) is 38.8 Å². The van der Waals surface area contributed by atoms with Crippen LogP contribution in [-0.4, -0.2) is 50.5 Å². The molecule has 0 atom stereocenters. The number of carbonyl (C=O) groups excluding carboxylic acids is 1. The van der Waals surface area contributed by atoms with Crippen molar-refractivity contribution in [1.29, 1.82) is 0 Å². The number of carboxylic acids is 1. The van der Waals surface area contributed by atoms with Crippen LogP contribution in [0.25, 0.3) is 0 Å². The number of hydrogen-bond acceptors (Lipinski definition) is 4. The number of hydrogen-bond donors (Lipinski definition) is 1. The Labute approximate surface area is 117 Å². The highest BCUT2D eigenvalue weighted by Crippen LogP contribution is 2.23. The Kier molecular flexibility index (Phi) is 3.69. The fourth-order valence-electron chi connectivity index (χ4n) is 1.94. The Morgan fingerprint density at radius 2 is 2.10 bits per heavy atom. The van der Waals surface area contributed by atoms with Crippen molar-refractivity contribution < 1.29 is 19.4 Å². The van der Waals surface area contributed by atoms with E-state index < -0.39 is 11.6 Å². The summed E-state index contributed by atoms with van der Waals surface area (Å²) >= 11 is 0. The molecule has 1 N–H and O–H groups in total. The molecule has 1 aliphatic rings. The number of rotatable bonds is 3. The molecule has 0 unspecified atom stereocenters. The van der Waals surface area contributed by atoms with Gasteiger partial charge in [0.05, 0.1) is 18.7 Å². The average Bonchev–Trinajstić information content (AvgIpc) is 2.59. The molecule has 0 saturated carbocycles. The van der Waals surface area contributed by atoms with E-state index in [1.165, 1.54) is 0 Å². The summed E-state index contributed by atoms with van der Waals surface area (Å²) in [6, 6.07) is 0.0880. The fourth-order valence-corrected chi connectivity index (χ4v) is 1.94. The lowest BCUT2D eigenvalue weighted by Crippen LogP contribution is -2.52. The van der Waals surface area contributed by atoms with Crippen molar-refractivity contribution >= 4 is 12.1 Å². The first-order valence-electron chi connectivity index (χ1n) is 6.47. The lowest BCUT2D eigenvalue weighted by Gasteiger charge is -2.39. The third kappa shape index (κ3) is 3.49. The Morgan fingerprint density at radius 3 is 2.65 bits per heavy atom. The minimum Gasteiger partial charge on any atom is -0.481 e. The molecule has 0 aliphatic carbocycles. The van der Waals surface area contributed by atoms with Crippen LogP contribution >= 0.6 is 0 Å². The zero-order valence-electron chi connectivity index (χ0n) is 11.9. The largest absolute Gasteiger partial charge is 0.481 e. The highest BCUT2D eigenvalue weighted by molar-refractivity contribution is 5.70. The van der Waals surface area contributed by atoms with E-state index in [4.69, 9.17) is 9.84 Å². The van der Waals surface area contributed by atoms with E-state index in [0.29, 0.717) is 18.7 Å². The third-order valence-electron chi connectivity index (χ3n) is 2.90. The first-order valence-corrected chi connectivity index (χ1v) is 6.47. The standard InChI is InChI=1S/C13H19N3O4/c1-13(2,3)20-12(19)15-7-10(8-15)16-6-9(5-14-16)4-11(17)18/h5-6,10H,4,7-8H2,1-3H3,(H,17,18). The summed E-state index contributed by atoms with van der Waals surface area (Å²) < 4.78 is 6.97. The summed E-state index contributed by atoms with van der Waals surface area (Å²) in [5.41, 5.74) is 0.163. The maximum Gasteiger partial charge on any atom is 0.410 e. The van der Waals surface area contributed by atoms with Gasteiger partial charge in [-0.15, -0.1) is 0 Å². The van der Waals surface area contributed by atoms with Crippen molar-refractivity contribution in [3.05, 3.63) is 18.0 Å². The van der Waals surface area contributed by atoms with Crippen molar-refractivity contribution in [1.82, 2.24) is 14.7 Å². The van der Waals surface area contributed by atoms with Gasteiger partial charge in [0.25, 0.3) is 0 Å². The molecule has 7 nitrogen and oxygen atoms in total. The number of ether oxygens (including phenoxy) is 1. The van der Waals surface area contributed by atoms with Gasteiger partial charge in [-0.1, -0.05) is 0 Å². The molecule has 0 bridgehead atoms. The van der Waals surface area contributed by atoms with Crippen LogP contribution < -0.4 is 0 Å². The molecular weight excluding hydrogens is 262 g/mol. The smallest absolute Gasteiger partial charge is 0.410 e. The number of aliphatic carboxylic acids is 1. The number of carboxylic acid groups (broad SMARTS) is 1. The lowest BCUT2D eigenvalue weighted by atomic mass is 10.1. The average molecular weight is 281 g/mol. The van der Waals surface area contributed by atoms with E-state index in [0.717, 1.165) is 0 Å². The lowest BCUT2D eigenvalue weighted by molar-refractivity contribution is -0.136. The molecule has 1 aromatic heterocycles. The van der Waals surface area contributed by atoms with Gasteiger partial charge in [0.1, 0.15) is 5.60 Å². The van der Waals surface area contributed by atoms with Crippen molar-refractivity contribution in [3.8, 4) is 0 Å². The van der Waals surface area contributed by atoms with Gasteiger partial charge in [-0.3, -0.25) is 9.48 Å². The van der Waals surface area contributed by atoms with Gasteiger partial charge in [0.2, 0.25) is 0 Å². The van der Waals surface area contributed by atoms with Gasteiger partial charge in [0, 0.05) is 24.8 Å². The molecule has 1 amide bonds. The number of likely N-dealkylation sites (tertiary alicyclic amines) is 1. The molecule has 0 aromatic carbocycles. The maximum atomic E-state index is 11.8. The Hall–Kier alpha value is -2.05. The zero-order chi connectivity index (χ0) is 14.9. The van der Waals surface area contributed by atoms with E-state index in [2.05, 4.69) is 5.10 Å². The van der Waals surface area contributed by atoms with Crippen LogP contribution in [0.2, 0.25) is 0 Å². The van der Waals surface area contributed by atoms with Crippen molar-refractivity contribution in [2.75, 3.05) is 13.1 Å². The molecule has 2 heterocycles. The Balaban J connectivity index is 1.85. The van der Waals surface area contributed by atoms with Crippen LogP contribution in [0, 0.1) is 0 Å². The predicted octanol–water partition coefficient (Wildman–Crippen LogP) is 1.30. The van der Waals surface area contributed by atoms with Crippen LogP contribution in [0.15, 0.2) is 12.4 Å². The first kappa shape index (κ1) is 14.4. The van der Waals surface area contributed by atoms with Gasteiger partial charge >= 0.3 is 12.1 Å². The SMILES string of the molecule is CC(C)(C)OC(=O)N1CC(n2cc(CC(=O)O)cn2)C1. The van der Waals surface area contributed by atoms with E-state index in [-0.39, 0.29) is 18.6 Å². The van der Waals surface area contributed by atoms with Gasteiger partial charge in [-0.05, 0) is 20.8 Å². The van der Waals surface area contributed by atoms with Crippen LogP contribution in [-0.2, 0) is 16.0 Å². The van der Waals surface area contributed by atoms with Gasteiger partial charge in [-0.25, -0.2) is 4.79 Å². The van der Waals surface area contributed by atoms with E-state index in [9.17, 15) is 9.59 Å². The van der Waals surface area contributed by atoms with Crippen LogP contribution in [0.3, 0.4) is 0 Å². The van der Waals surface area contributed by atoms with E-state index >= 15 is 0 Å². The second-order valence-corrected chi connectivity index (χ2v) is 5.94. The van der Waals surface area contributed by atoms with Crippen molar-refractivity contribution in [2.24, 2.45) is 0 Å². The molecule has 1 fully saturated rings. The second-order valence-electron chi connectivity index (χ2n) is 5.94. The summed E-state index contributed by atoms with van der Waals surface area (Å²) in [6.07, 6.45) is 2.89. The second kappa shape index (κ2) is 5.15. The maximum absolute atomic E-state index is 11.8. The van der Waals surface area contributed by atoms with Gasteiger partial charge in [-0.2, -0.15) is 5.10 Å². The molecule has 110 valence electrons. The molecule has 20 heavy (non-hydrogen) atoms. The van der Waals surface area contributed by atoms with E-state index in [1.54, 1.807) is 22.0 Å². The molecular formula is C13H19N3O4. The molecule has 7 heteroatoms. The third-order valence-corrected chi connectivity index (χ3v) is 2.90. The number of aromatic nitrogens is 2. The van der Waals surface area contributed by atoms with E-state index in [1.807, 2.05) is 20.8 Å². The highest BCUT2D eigenvalue weighted by atomic mass is 16.6. The quantitative estimate of drug-likeness (QED) is 0.902. The molecule has 2 rings (SSSR count). The zero-order valence-corrected chi connectivity index (χ0v) is 11.9. The minimum absolute atomic E-state index is 0.0392. The summed E-state index contributed by atoms with van der Waals surface area (Å²) in [6.45, 7) is 6.54. The van der Waals surface area contributed by atoms with Crippen molar-refractivity contribution in [3.63, 3.8) is 0 Å². The van der Waals surface area contributed by atoms with Gasteiger partial charge < -0.3 is 14.7 Å². The summed E-state index contributed by atoms with van der Waals surface area (Å²) in [7, 11) is 0.